The topological polar surface area (TPSA) is 66.5 Å². The fourth-order valence-electron chi connectivity index (χ4n) is 1.84. The molecular weight excluding hydrogens is 238 g/mol. The van der Waals surface area contributed by atoms with Crippen molar-refractivity contribution in [1.82, 2.24) is 20.2 Å². The molecule has 0 atom stereocenters. The summed E-state index contributed by atoms with van der Waals surface area (Å²) in [5.74, 6) is 1.60. The first-order valence-electron chi connectivity index (χ1n) is 6.69. The average molecular weight is 259 g/mol. The lowest BCUT2D eigenvalue weighted by atomic mass is 10.0. The number of aromatic amines is 1. The quantitative estimate of drug-likeness (QED) is 0.866. The standard InChI is InChI=1S/C14H21N5/c1-9(2)7-16-14-15-6-5-12(18-14)11-8-17-19-13(11)10(3)4/h5-6,8-10H,7H2,1-4H3,(H,17,19)(H,15,16,18). The van der Waals surface area contributed by atoms with Gasteiger partial charge in [-0.2, -0.15) is 5.10 Å². The highest BCUT2D eigenvalue weighted by atomic mass is 15.1. The van der Waals surface area contributed by atoms with Crippen molar-refractivity contribution in [3.05, 3.63) is 24.2 Å². The highest BCUT2D eigenvalue weighted by molar-refractivity contribution is 5.62. The molecule has 0 saturated heterocycles. The predicted octanol–water partition coefficient (Wildman–Crippen LogP) is 3.06. The SMILES string of the molecule is CC(C)CNc1nccc(-c2c[nH]nc2C(C)C)n1. The van der Waals surface area contributed by atoms with Crippen molar-refractivity contribution in [2.24, 2.45) is 5.92 Å². The molecule has 2 heterocycles. The zero-order chi connectivity index (χ0) is 13.8. The summed E-state index contributed by atoms with van der Waals surface area (Å²) < 4.78 is 0. The monoisotopic (exact) mass is 259 g/mol. The van der Waals surface area contributed by atoms with E-state index in [9.17, 15) is 0 Å². The summed E-state index contributed by atoms with van der Waals surface area (Å²) in [6.45, 7) is 9.43. The Morgan fingerprint density at radius 2 is 2.05 bits per heavy atom. The van der Waals surface area contributed by atoms with Gasteiger partial charge in [0.25, 0.3) is 0 Å². The van der Waals surface area contributed by atoms with Gasteiger partial charge in [0, 0.05) is 24.5 Å². The van der Waals surface area contributed by atoms with Crippen LogP contribution < -0.4 is 5.32 Å². The number of hydrogen-bond acceptors (Lipinski definition) is 4. The van der Waals surface area contributed by atoms with Crippen LogP contribution in [-0.4, -0.2) is 26.7 Å². The van der Waals surface area contributed by atoms with Crippen LogP contribution in [0.4, 0.5) is 5.95 Å². The smallest absolute Gasteiger partial charge is 0.223 e. The van der Waals surface area contributed by atoms with E-state index in [1.165, 1.54) is 0 Å². The van der Waals surface area contributed by atoms with Gasteiger partial charge in [-0.05, 0) is 17.9 Å². The molecule has 0 unspecified atom stereocenters. The summed E-state index contributed by atoms with van der Waals surface area (Å²) in [6, 6.07) is 1.91. The molecule has 0 aliphatic rings. The van der Waals surface area contributed by atoms with E-state index in [0.717, 1.165) is 23.5 Å². The molecule has 0 aliphatic heterocycles. The largest absolute Gasteiger partial charge is 0.354 e. The van der Waals surface area contributed by atoms with Crippen LogP contribution in [-0.2, 0) is 0 Å². The Labute approximate surface area is 113 Å². The van der Waals surface area contributed by atoms with Gasteiger partial charge in [-0.3, -0.25) is 5.10 Å². The molecule has 0 bridgehead atoms. The van der Waals surface area contributed by atoms with Gasteiger partial charge in [-0.15, -0.1) is 0 Å². The van der Waals surface area contributed by atoms with Gasteiger partial charge in [-0.25, -0.2) is 9.97 Å². The first kappa shape index (κ1) is 13.5. The van der Waals surface area contributed by atoms with Crippen LogP contribution in [0.25, 0.3) is 11.3 Å². The van der Waals surface area contributed by atoms with Gasteiger partial charge in [0.15, 0.2) is 0 Å². The zero-order valence-corrected chi connectivity index (χ0v) is 11.9. The molecule has 2 N–H and O–H groups in total. The maximum absolute atomic E-state index is 4.55. The maximum atomic E-state index is 4.55. The van der Waals surface area contributed by atoms with E-state index in [4.69, 9.17) is 0 Å². The number of aromatic nitrogens is 4. The molecule has 0 amide bonds. The summed E-state index contributed by atoms with van der Waals surface area (Å²) in [5, 5.41) is 10.4. The van der Waals surface area contributed by atoms with Crippen molar-refractivity contribution >= 4 is 5.95 Å². The third kappa shape index (κ3) is 3.30. The summed E-state index contributed by atoms with van der Waals surface area (Å²) in [6.07, 6.45) is 3.67. The molecule has 2 aromatic rings. The first-order chi connectivity index (χ1) is 9.08. The van der Waals surface area contributed by atoms with Gasteiger partial charge in [-0.1, -0.05) is 27.7 Å². The van der Waals surface area contributed by atoms with Gasteiger partial charge in [0.1, 0.15) is 0 Å². The molecule has 0 fully saturated rings. The maximum Gasteiger partial charge on any atom is 0.223 e. The van der Waals surface area contributed by atoms with E-state index < -0.39 is 0 Å². The second-order valence-electron chi connectivity index (χ2n) is 5.38. The Morgan fingerprint density at radius 1 is 1.26 bits per heavy atom. The van der Waals surface area contributed by atoms with Crippen LogP contribution in [0, 0.1) is 5.92 Å². The Balaban J connectivity index is 2.25. The normalized spacial score (nSPS) is 11.3. The predicted molar refractivity (Wildman–Crippen MR) is 77.0 cm³/mol. The molecule has 2 rings (SSSR count). The van der Waals surface area contributed by atoms with E-state index in [-0.39, 0.29) is 0 Å². The summed E-state index contributed by atoms with van der Waals surface area (Å²) in [5.41, 5.74) is 2.98. The summed E-state index contributed by atoms with van der Waals surface area (Å²) in [4.78, 5) is 8.79. The first-order valence-corrected chi connectivity index (χ1v) is 6.69. The molecule has 19 heavy (non-hydrogen) atoms. The Bertz CT molecular complexity index is 530. The Hall–Kier alpha value is -1.91. The number of nitrogens with zero attached hydrogens (tertiary/aromatic N) is 3. The fraction of sp³-hybridized carbons (Fsp3) is 0.500. The van der Waals surface area contributed by atoms with Crippen LogP contribution in [0.1, 0.15) is 39.3 Å². The van der Waals surface area contributed by atoms with Crippen molar-refractivity contribution in [2.75, 3.05) is 11.9 Å². The Morgan fingerprint density at radius 3 is 2.74 bits per heavy atom. The Kier molecular flexibility index (Phi) is 4.14. The van der Waals surface area contributed by atoms with Crippen LogP contribution >= 0.6 is 0 Å². The van der Waals surface area contributed by atoms with Crippen LogP contribution in [0.5, 0.6) is 0 Å². The molecule has 5 heteroatoms. The number of hydrogen-bond donors (Lipinski definition) is 2. The lowest BCUT2D eigenvalue weighted by molar-refractivity contribution is 0.684. The van der Waals surface area contributed by atoms with Crippen molar-refractivity contribution in [1.29, 1.82) is 0 Å². The van der Waals surface area contributed by atoms with Crippen molar-refractivity contribution in [3.8, 4) is 11.3 Å². The van der Waals surface area contributed by atoms with Crippen LogP contribution in [0.15, 0.2) is 18.5 Å². The van der Waals surface area contributed by atoms with Crippen LogP contribution in [0.3, 0.4) is 0 Å². The number of rotatable bonds is 5. The lowest BCUT2D eigenvalue weighted by Crippen LogP contribution is -2.10. The highest BCUT2D eigenvalue weighted by Crippen LogP contribution is 2.25. The van der Waals surface area contributed by atoms with Gasteiger partial charge < -0.3 is 5.32 Å². The lowest BCUT2D eigenvalue weighted by Gasteiger charge is -2.09. The minimum Gasteiger partial charge on any atom is -0.354 e. The molecule has 0 radical (unpaired) electrons. The van der Waals surface area contributed by atoms with E-state index in [2.05, 4.69) is 53.2 Å². The zero-order valence-electron chi connectivity index (χ0n) is 11.9. The van der Waals surface area contributed by atoms with Crippen LogP contribution in [0.2, 0.25) is 0 Å². The number of anilines is 1. The average Bonchev–Trinajstić information content (AvgIpc) is 2.86. The molecule has 0 spiro atoms. The van der Waals surface area contributed by atoms with E-state index in [0.29, 0.717) is 17.8 Å². The molecular formula is C14H21N5. The van der Waals surface area contributed by atoms with Crippen molar-refractivity contribution < 1.29 is 0 Å². The van der Waals surface area contributed by atoms with Crippen molar-refractivity contribution in [3.63, 3.8) is 0 Å². The molecule has 0 aromatic carbocycles. The van der Waals surface area contributed by atoms with E-state index in [1.54, 1.807) is 6.20 Å². The molecule has 5 nitrogen and oxygen atoms in total. The highest BCUT2D eigenvalue weighted by Gasteiger charge is 2.13. The fourth-order valence-corrected chi connectivity index (χ4v) is 1.84. The second-order valence-corrected chi connectivity index (χ2v) is 5.38. The van der Waals surface area contributed by atoms with E-state index in [1.807, 2.05) is 12.3 Å². The molecule has 0 aliphatic carbocycles. The van der Waals surface area contributed by atoms with Gasteiger partial charge >= 0.3 is 0 Å². The van der Waals surface area contributed by atoms with E-state index >= 15 is 0 Å². The molecule has 2 aromatic heterocycles. The van der Waals surface area contributed by atoms with Gasteiger partial charge in [0.05, 0.1) is 11.4 Å². The third-order valence-electron chi connectivity index (χ3n) is 2.82. The molecule has 102 valence electrons. The minimum atomic E-state index is 0.364. The summed E-state index contributed by atoms with van der Waals surface area (Å²) in [7, 11) is 0. The van der Waals surface area contributed by atoms with Gasteiger partial charge in [0.2, 0.25) is 5.95 Å². The third-order valence-corrected chi connectivity index (χ3v) is 2.82. The molecule has 0 saturated carbocycles. The minimum absolute atomic E-state index is 0.364. The number of H-pyrrole nitrogens is 1. The van der Waals surface area contributed by atoms with Crippen molar-refractivity contribution in [2.45, 2.75) is 33.6 Å². The summed E-state index contributed by atoms with van der Waals surface area (Å²) >= 11 is 0. The second kappa shape index (κ2) is 5.82. The number of nitrogens with one attached hydrogen (secondary N) is 2.